The number of nitrogens with zero attached hydrogens (tertiary/aromatic N) is 1. The summed E-state index contributed by atoms with van der Waals surface area (Å²) in [6.45, 7) is 2.44. The van der Waals surface area contributed by atoms with Gasteiger partial charge in [-0.3, -0.25) is 4.79 Å². The van der Waals surface area contributed by atoms with E-state index in [2.05, 4.69) is 10.3 Å². The van der Waals surface area contributed by atoms with Crippen molar-refractivity contribution in [2.75, 3.05) is 11.9 Å². The number of amides is 1. The predicted octanol–water partition coefficient (Wildman–Crippen LogP) is 2.12. The number of benzene rings is 1. The van der Waals surface area contributed by atoms with Gasteiger partial charge in [0.05, 0.1) is 18.5 Å². The van der Waals surface area contributed by atoms with E-state index in [0.29, 0.717) is 18.2 Å². The molecule has 0 saturated heterocycles. The zero-order valence-corrected chi connectivity index (χ0v) is 11.2. The summed E-state index contributed by atoms with van der Waals surface area (Å²) >= 11 is 0. The Labute approximate surface area is 117 Å². The van der Waals surface area contributed by atoms with E-state index in [1.807, 2.05) is 37.3 Å². The summed E-state index contributed by atoms with van der Waals surface area (Å²) in [5.74, 6) is 0.250. The SMILES string of the molecule is CCOc1ccc(NC(=O)[C@H](N)c2ccccc2)cn1. The van der Waals surface area contributed by atoms with E-state index in [0.717, 1.165) is 5.56 Å². The average molecular weight is 271 g/mol. The van der Waals surface area contributed by atoms with Crippen LogP contribution in [0.25, 0.3) is 0 Å². The molecule has 5 heteroatoms. The van der Waals surface area contributed by atoms with Crippen LogP contribution in [0.2, 0.25) is 0 Å². The molecule has 0 aliphatic rings. The lowest BCUT2D eigenvalue weighted by Crippen LogP contribution is -2.27. The number of anilines is 1. The third kappa shape index (κ3) is 3.55. The molecule has 1 aromatic heterocycles. The van der Waals surface area contributed by atoms with E-state index in [1.165, 1.54) is 0 Å². The third-order valence-corrected chi connectivity index (χ3v) is 2.74. The van der Waals surface area contributed by atoms with Crippen LogP contribution in [0.15, 0.2) is 48.7 Å². The highest BCUT2D eigenvalue weighted by Crippen LogP contribution is 2.15. The standard InChI is InChI=1S/C15H17N3O2/c1-2-20-13-9-8-12(10-17-13)18-15(19)14(16)11-6-4-3-5-7-11/h3-10,14H,2,16H2,1H3,(H,18,19)/t14-/m1/s1. The van der Waals surface area contributed by atoms with Crippen molar-refractivity contribution in [3.8, 4) is 5.88 Å². The van der Waals surface area contributed by atoms with Crippen molar-refractivity contribution in [3.63, 3.8) is 0 Å². The fourth-order valence-electron chi connectivity index (χ4n) is 1.72. The molecule has 2 rings (SSSR count). The Morgan fingerprint density at radius 3 is 2.65 bits per heavy atom. The number of carbonyl (C=O) groups excluding carboxylic acids is 1. The van der Waals surface area contributed by atoms with Gasteiger partial charge in [0.25, 0.3) is 0 Å². The van der Waals surface area contributed by atoms with Crippen LogP contribution in [0.5, 0.6) is 5.88 Å². The molecular weight excluding hydrogens is 254 g/mol. The van der Waals surface area contributed by atoms with Gasteiger partial charge in [0, 0.05) is 6.07 Å². The Morgan fingerprint density at radius 2 is 2.05 bits per heavy atom. The number of nitrogens with one attached hydrogen (secondary N) is 1. The van der Waals surface area contributed by atoms with Crippen molar-refractivity contribution >= 4 is 11.6 Å². The second kappa shape index (κ2) is 6.68. The normalized spacial score (nSPS) is 11.7. The van der Waals surface area contributed by atoms with Gasteiger partial charge in [-0.15, -0.1) is 0 Å². The zero-order valence-electron chi connectivity index (χ0n) is 11.2. The van der Waals surface area contributed by atoms with Crippen LogP contribution >= 0.6 is 0 Å². The number of rotatable bonds is 5. The van der Waals surface area contributed by atoms with Gasteiger partial charge in [0.2, 0.25) is 11.8 Å². The van der Waals surface area contributed by atoms with E-state index >= 15 is 0 Å². The van der Waals surface area contributed by atoms with E-state index in [-0.39, 0.29) is 5.91 Å². The van der Waals surface area contributed by atoms with Crippen LogP contribution in [0, 0.1) is 0 Å². The summed E-state index contributed by atoms with van der Waals surface area (Å²) in [6, 6.07) is 11.9. The van der Waals surface area contributed by atoms with Gasteiger partial charge in [-0.25, -0.2) is 4.98 Å². The molecule has 5 nitrogen and oxygen atoms in total. The first-order chi connectivity index (χ1) is 9.70. The molecule has 1 aromatic carbocycles. The maximum Gasteiger partial charge on any atom is 0.245 e. The van der Waals surface area contributed by atoms with E-state index in [9.17, 15) is 4.79 Å². The largest absolute Gasteiger partial charge is 0.478 e. The Bertz CT molecular complexity index is 555. The minimum atomic E-state index is -0.706. The van der Waals surface area contributed by atoms with Crippen LogP contribution < -0.4 is 15.8 Å². The molecular formula is C15H17N3O2. The summed E-state index contributed by atoms with van der Waals surface area (Å²) < 4.78 is 5.23. The highest BCUT2D eigenvalue weighted by atomic mass is 16.5. The first-order valence-electron chi connectivity index (χ1n) is 6.41. The van der Waals surface area contributed by atoms with E-state index < -0.39 is 6.04 Å². The van der Waals surface area contributed by atoms with Crippen molar-refractivity contribution in [2.45, 2.75) is 13.0 Å². The second-order valence-electron chi connectivity index (χ2n) is 4.20. The predicted molar refractivity (Wildman–Crippen MR) is 77.4 cm³/mol. The van der Waals surface area contributed by atoms with Crippen LogP contribution in [-0.4, -0.2) is 17.5 Å². The molecule has 104 valence electrons. The fourth-order valence-corrected chi connectivity index (χ4v) is 1.72. The summed E-state index contributed by atoms with van der Waals surface area (Å²) in [4.78, 5) is 16.1. The van der Waals surface area contributed by atoms with Gasteiger partial charge in [-0.05, 0) is 18.6 Å². The number of hydrogen-bond donors (Lipinski definition) is 2. The van der Waals surface area contributed by atoms with Crippen LogP contribution in [-0.2, 0) is 4.79 Å². The number of carbonyl (C=O) groups is 1. The van der Waals surface area contributed by atoms with Crippen molar-refractivity contribution in [1.29, 1.82) is 0 Å². The molecule has 20 heavy (non-hydrogen) atoms. The first kappa shape index (κ1) is 14.0. The first-order valence-corrected chi connectivity index (χ1v) is 6.41. The molecule has 0 unspecified atom stereocenters. The zero-order chi connectivity index (χ0) is 14.4. The summed E-state index contributed by atoms with van der Waals surface area (Å²) in [5, 5.41) is 2.73. The molecule has 3 N–H and O–H groups in total. The highest BCUT2D eigenvalue weighted by Gasteiger charge is 2.15. The molecule has 0 saturated carbocycles. The third-order valence-electron chi connectivity index (χ3n) is 2.74. The molecule has 2 aromatic rings. The minimum Gasteiger partial charge on any atom is -0.478 e. The monoisotopic (exact) mass is 271 g/mol. The Morgan fingerprint density at radius 1 is 1.30 bits per heavy atom. The molecule has 1 amide bonds. The lowest BCUT2D eigenvalue weighted by molar-refractivity contribution is -0.117. The number of nitrogens with two attached hydrogens (primary N) is 1. The second-order valence-corrected chi connectivity index (χ2v) is 4.20. The molecule has 1 atom stereocenters. The number of hydrogen-bond acceptors (Lipinski definition) is 4. The smallest absolute Gasteiger partial charge is 0.245 e. The summed E-state index contributed by atoms with van der Waals surface area (Å²) in [5.41, 5.74) is 7.26. The molecule has 0 fully saturated rings. The van der Waals surface area contributed by atoms with Crippen molar-refractivity contribution in [1.82, 2.24) is 4.98 Å². The molecule has 0 bridgehead atoms. The van der Waals surface area contributed by atoms with Crippen LogP contribution in [0.3, 0.4) is 0 Å². The maximum absolute atomic E-state index is 12.0. The van der Waals surface area contributed by atoms with Crippen molar-refractivity contribution < 1.29 is 9.53 Å². The van der Waals surface area contributed by atoms with Gasteiger partial charge in [0.1, 0.15) is 6.04 Å². The van der Waals surface area contributed by atoms with Gasteiger partial charge in [-0.1, -0.05) is 30.3 Å². The number of ether oxygens (including phenoxy) is 1. The maximum atomic E-state index is 12.0. The lowest BCUT2D eigenvalue weighted by Gasteiger charge is -2.12. The van der Waals surface area contributed by atoms with Crippen molar-refractivity contribution in [3.05, 3.63) is 54.2 Å². The number of pyridine rings is 1. The lowest BCUT2D eigenvalue weighted by atomic mass is 10.1. The molecule has 0 radical (unpaired) electrons. The summed E-state index contributed by atoms with van der Waals surface area (Å²) in [6.07, 6.45) is 1.54. The van der Waals surface area contributed by atoms with Crippen LogP contribution in [0.1, 0.15) is 18.5 Å². The highest BCUT2D eigenvalue weighted by molar-refractivity contribution is 5.95. The quantitative estimate of drug-likeness (QED) is 0.873. The number of aromatic nitrogens is 1. The topological polar surface area (TPSA) is 77.2 Å². The summed E-state index contributed by atoms with van der Waals surface area (Å²) in [7, 11) is 0. The van der Waals surface area contributed by atoms with Crippen molar-refractivity contribution in [2.24, 2.45) is 5.73 Å². The Balaban J connectivity index is 2.00. The van der Waals surface area contributed by atoms with E-state index in [1.54, 1.807) is 18.3 Å². The minimum absolute atomic E-state index is 0.276. The van der Waals surface area contributed by atoms with Gasteiger partial charge in [0.15, 0.2) is 0 Å². The van der Waals surface area contributed by atoms with E-state index in [4.69, 9.17) is 10.5 Å². The van der Waals surface area contributed by atoms with Gasteiger partial charge in [-0.2, -0.15) is 0 Å². The Hall–Kier alpha value is -2.40. The van der Waals surface area contributed by atoms with Gasteiger partial charge < -0.3 is 15.8 Å². The molecule has 0 spiro atoms. The van der Waals surface area contributed by atoms with Crippen LogP contribution in [0.4, 0.5) is 5.69 Å². The fraction of sp³-hybridized carbons (Fsp3) is 0.200. The van der Waals surface area contributed by atoms with Gasteiger partial charge >= 0.3 is 0 Å². The molecule has 0 aliphatic carbocycles. The Kier molecular flexibility index (Phi) is 4.68. The molecule has 1 heterocycles. The average Bonchev–Trinajstić information content (AvgIpc) is 2.49. The molecule has 0 aliphatic heterocycles.